The highest BCUT2D eigenvalue weighted by atomic mass is 16.5. The normalized spacial score (nSPS) is 19.1. The predicted octanol–water partition coefficient (Wildman–Crippen LogP) is 0.952. The number of rotatable bonds is 6. The molecule has 4 rings (SSSR count). The fourth-order valence-corrected chi connectivity index (χ4v) is 3.06. The largest absolute Gasteiger partial charge is 0.472 e. The van der Waals surface area contributed by atoms with Crippen molar-refractivity contribution in [3.63, 3.8) is 0 Å². The van der Waals surface area contributed by atoms with E-state index in [4.69, 9.17) is 9.47 Å². The first kappa shape index (κ1) is 18.1. The number of carbonyl (C=O) groups excluding carboxylic acids is 1. The van der Waals surface area contributed by atoms with E-state index in [1.165, 1.54) is 6.33 Å². The van der Waals surface area contributed by atoms with Gasteiger partial charge in [0.25, 0.3) is 0 Å². The number of pyridine rings is 1. The molecular weight excluding hydrogens is 360 g/mol. The zero-order chi connectivity index (χ0) is 19.2. The third-order valence-electron chi connectivity index (χ3n) is 4.46. The topological polar surface area (TPSA) is 104 Å². The Hall–Kier alpha value is -3.33. The maximum Gasteiger partial charge on any atom is 0.224 e. The lowest BCUT2D eigenvalue weighted by molar-refractivity contribution is -0.123. The fraction of sp³-hybridized carbons (Fsp3) is 0.316. The molecule has 144 valence electrons. The van der Waals surface area contributed by atoms with E-state index in [1.807, 2.05) is 36.4 Å². The molecule has 0 saturated carbocycles. The number of ether oxygens (including phenoxy) is 2. The SMILES string of the molecule is O=C(Cc1ccc(-n2cnnn2)cc1)N[C@@H]1COCC[C@H]1Oc1ccccn1. The first-order chi connectivity index (χ1) is 13.8. The first-order valence-electron chi connectivity index (χ1n) is 9.05. The molecule has 1 amide bonds. The van der Waals surface area contributed by atoms with E-state index >= 15 is 0 Å². The van der Waals surface area contributed by atoms with Crippen LogP contribution in [0.2, 0.25) is 0 Å². The second kappa shape index (κ2) is 8.57. The van der Waals surface area contributed by atoms with Crippen molar-refractivity contribution in [2.24, 2.45) is 0 Å². The van der Waals surface area contributed by atoms with Gasteiger partial charge in [-0.05, 0) is 34.2 Å². The highest BCUT2D eigenvalue weighted by Gasteiger charge is 2.29. The number of hydrogen-bond acceptors (Lipinski definition) is 7. The Kier molecular flexibility index (Phi) is 5.53. The lowest BCUT2D eigenvalue weighted by Crippen LogP contribution is -2.52. The van der Waals surface area contributed by atoms with Crippen LogP contribution in [-0.4, -0.2) is 56.5 Å². The Labute approximate surface area is 161 Å². The number of amides is 1. The van der Waals surface area contributed by atoms with Crippen molar-refractivity contribution < 1.29 is 14.3 Å². The molecule has 1 aliphatic heterocycles. The molecule has 1 aliphatic rings. The predicted molar refractivity (Wildman–Crippen MR) is 98.9 cm³/mol. The molecular formula is C19H20N6O3. The number of aromatic nitrogens is 5. The highest BCUT2D eigenvalue weighted by Crippen LogP contribution is 2.16. The van der Waals surface area contributed by atoms with Crippen molar-refractivity contribution in [2.45, 2.75) is 25.0 Å². The second-order valence-corrected chi connectivity index (χ2v) is 6.46. The lowest BCUT2D eigenvalue weighted by Gasteiger charge is -2.32. The van der Waals surface area contributed by atoms with Gasteiger partial charge < -0.3 is 14.8 Å². The van der Waals surface area contributed by atoms with Gasteiger partial charge in [0.2, 0.25) is 11.8 Å². The number of benzene rings is 1. The summed E-state index contributed by atoms with van der Waals surface area (Å²) in [7, 11) is 0. The first-order valence-corrected chi connectivity index (χ1v) is 9.05. The summed E-state index contributed by atoms with van der Waals surface area (Å²) in [6.07, 6.45) is 3.99. The van der Waals surface area contributed by atoms with Gasteiger partial charge in [-0.1, -0.05) is 18.2 Å². The summed E-state index contributed by atoms with van der Waals surface area (Å²) in [5.41, 5.74) is 1.73. The molecule has 1 aromatic carbocycles. The van der Waals surface area contributed by atoms with Crippen molar-refractivity contribution in [1.29, 1.82) is 0 Å². The van der Waals surface area contributed by atoms with Gasteiger partial charge in [0.05, 0.1) is 31.4 Å². The van der Waals surface area contributed by atoms with Gasteiger partial charge in [-0.15, -0.1) is 5.10 Å². The van der Waals surface area contributed by atoms with E-state index in [0.29, 0.717) is 25.5 Å². The Morgan fingerprint density at radius 2 is 2.14 bits per heavy atom. The molecule has 0 unspecified atom stereocenters. The Morgan fingerprint density at radius 3 is 2.89 bits per heavy atom. The fourth-order valence-electron chi connectivity index (χ4n) is 3.06. The average molecular weight is 380 g/mol. The Bertz CT molecular complexity index is 886. The van der Waals surface area contributed by atoms with E-state index in [2.05, 4.69) is 25.8 Å². The van der Waals surface area contributed by atoms with Crippen LogP contribution in [-0.2, 0) is 16.0 Å². The monoisotopic (exact) mass is 380 g/mol. The lowest BCUT2D eigenvalue weighted by atomic mass is 10.1. The summed E-state index contributed by atoms with van der Waals surface area (Å²) >= 11 is 0. The van der Waals surface area contributed by atoms with Crippen LogP contribution in [0.25, 0.3) is 5.69 Å². The summed E-state index contributed by atoms with van der Waals surface area (Å²) in [5, 5.41) is 14.1. The summed E-state index contributed by atoms with van der Waals surface area (Å²) in [4.78, 5) is 16.7. The molecule has 0 bridgehead atoms. The zero-order valence-electron chi connectivity index (χ0n) is 15.1. The molecule has 9 nitrogen and oxygen atoms in total. The average Bonchev–Trinajstić information content (AvgIpc) is 3.26. The molecule has 1 saturated heterocycles. The standard InChI is InChI=1S/C19H20N6O3/c26-18(11-14-4-6-15(7-5-14)25-13-21-23-24-25)22-16-12-27-10-8-17(16)28-19-3-1-2-9-20-19/h1-7,9,13,16-17H,8,10-12H2,(H,22,26)/t16-,17-/m1/s1. The van der Waals surface area contributed by atoms with Crippen LogP contribution in [0.4, 0.5) is 0 Å². The molecule has 3 aromatic rings. The van der Waals surface area contributed by atoms with Crippen molar-refractivity contribution >= 4 is 5.91 Å². The number of hydrogen-bond donors (Lipinski definition) is 1. The van der Waals surface area contributed by atoms with E-state index in [-0.39, 0.29) is 24.5 Å². The molecule has 1 fully saturated rings. The quantitative estimate of drug-likeness (QED) is 0.679. The van der Waals surface area contributed by atoms with Gasteiger partial charge in [0.1, 0.15) is 12.4 Å². The summed E-state index contributed by atoms with van der Waals surface area (Å²) in [6, 6.07) is 12.8. The number of nitrogens with one attached hydrogen (secondary N) is 1. The van der Waals surface area contributed by atoms with Crippen LogP contribution in [0.1, 0.15) is 12.0 Å². The van der Waals surface area contributed by atoms with Gasteiger partial charge in [-0.3, -0.25) is 4.79 Å². The van der Waals surface area contributed by atoms with Crippen LogP contribution >= 0.6 is 0 Å². The van der Waals surface area contributed by atoms with Gasteiger partial charge in [0, 0.05) is 18.7 Å². The minimum atomic E-state index is -0.219. The van der Waals surface area contributed by atoms with E-state index < -0.39 is 0 Å². The van der Waals surface area contributed by atoms with Crippen LogP contribution in [0.5, 0.6) is 5.88 Å². The third-order valence-corrected chi connectivity index (χ3v) is 4.46. The van der Waals surface area contributed by atoms with Gasteiger partial charge >= 0.3 is 0 Å². The number of nitrogens with zero attached hydrogens (tertiary/aromatic N) is 5. The molecule has 0 aliphatic carbocycles. The van der Waals surface area contributed by atoms with Crippen molar-refractivity contribution in [1.82, 2.24) is 30.5 Å². The molecule has 0 spiro atoms. The Morgan fingerprint density at radius 1 is 1.25 bits per heavy atom. The zero-order valence-corrected chi connectivity index (χ0v) is 15.1. The van der Waals surface area contributed by atoms with Gasteiger partial charge in [0.15, 0.2) is 0 Å². The number of carbonyl (C=O) groups is 1. The van der Waals surface area contributed by atoms with Crippen LogP contribution in [0, 0.1) is 0 Å². The van der Waals surface area contributed by atoms with E-state index in [9.17, 15) is 4.79 Å². The molecule has 0 radical (unpaired) electrons. The van der Waals surface area contributed by atoms with Crippen LogP contribution in [0.15, 0.2) is 55.0 Å². The summed E-state index contributed by atoms with van der Waals surface area (Å²) < 4.78 is 13.0. The smallest absolute Gasteiger partial charge is 0.224 e. The summed E-state index contributed by atoms with van der Waals surface area (Å²) in [5.74, 6) is 0.465. The molecule has 3 heterocycles. The molecule has 2 aromatic heterocycles. The van der Waals surface area contributed by atoms with Gasteiger partial charge in [-0.25, -0.2) is 9.67 Å². The highest BCUT2D eigenvalue weighted by molar-refractivity contribution is 5.79. The van der Waals surface area contributed by atoms with Crippen molar-refractivity contribution in [3.05, 3.63) is 60.6 Å². The number of tetrazole rings is 1. The minimum absolute atomic E-state index is 0.0831. The van der Waals surface area contributed by atoms with Gasteiger partial charge in [-0.2, -0.15) is 0 Å². The molecule has 2 atom stereocenters. The summed E-state index contributed by atoms with van der Waals surface area (Å²) in [6.45, 7) is 1.02. The maximum absolute atomic E-state index is 12.5. The van der Waals surface area contributed by atoms with Crippen LogP contribution < -0.4 is 10.1 Å². The molecule has 28 heavy (non-hydrogen) atoms. The van der Waals surface area contributed by atoms with E-state index in [0.717, 1.165) is 11.3 Å². The second-order valence-electron chi connectivity index (χ2n) is 6.46. The van der Waals surface area contributed by atoms with Crippen LogP contribution in [0.3, 0.4) is 0 Å². The minimum Gasteiger partial charge on any atom is -0.472 e. The third kappa shape index (κ3) is 4.49. The van der Waals surface area contributed by atoms with E-state index in [1.54, 1.807) is 16.9 Å². The Balaban J connectivity index is 1.35. The molecule has 9 heteroatoms. The maximum atomic E-state index is 12.5. The molecule has 1 N–H and O–H groups in total. The van der Waals surface area contributed by atoms with Crippen molar-refractivity contribution in [3.8, 4) is 11.6 Å². The van der Waals surface area contributed by atoms with Crippen molar-refractivity contribution in [2.75, 3.05) is 13.2 Å².